The number of fused-ring (bicyclic) bond motifs is 1. The maximum absolute atomic E-state index is 4.59. The smallest absolute Gasteiger partial charge is 0.0809 e. The largest absolute Gasteiger partial charge is 0.313 e. The molecule has 0 bridgehead atoms. The zero-order chi connectivity index (χ0) is 13.2. The molecule has 1 saturated carbocycles. The molecule has 102 valence electrons. The quantitative estimate of drug-likeness (QED) is 0.898. The molecule has 19 heavy (non-hydrogen) atoms. The molecule has 3 rings (SSSR count). The number of nitrogens with one attached hydrogen (secondary N) is 1. The van der Waals surface area contributed by atoms with Crippen LogP contribution in [0.25, 0.3) is 10.2 Å². The molecule has 1 aliphatic carbocycles. The Hall–Kier alpha value is -0.930. The first-order chi connectivity index (χ1) is 9.28. The van der Waals surface area contributed by atoms with Crippen molar-refractivity contribution in [1.82, 2.24) is 10.3 Å². The van der Waals surface area contributed by atoms with Crippen LogP contribution >= 0.6 is 11.3 Å². The van der Waals surface area contributed by atoms with Crippen molar-refractivity contribution in [3.63, 3.8) is 0 Å². The molecule has 1 aliphatic rings. The molecule has 3 atom stereocenters. The molecule has 0 aliphatic heterocycles. The molecule has 2 aromatic rings. The lowest BCUT2D eigenvalue weighted by Crippen LogP contribution is -2.29. The monoisotopic (exact) mass is 274 g/mol. The summed E-state index contributed by atoms with van der Waals surface area (Å²) < 4.78 is 1.31. The van der Waals surface area contributed by atoms with Crippen molar-refractivity contribution >= 4 is 21.6 Å². The molecule has 2 heterocycles. The van der Waals surface area contributed by atoms with Gasteiger partial charge in [-0.25, -0.2) is 0 Å². The Bertz CT molecular complexity index is 548. The lowest BCUT2D eigenvalue weighted by atomic mass is 9.77. The van der Waals surface area contributed by atoms with Crippen LogP contribution in [0.4, 0.5) is 0 Å². The van der Waals surface area contributed by atoms with Crippen molar-refractivity contribution in [2.45, 2.75) is 38.6 Å². The Labute approximate surface area is 119 Å². The average molecular weight is 274 g/mol. The van der Waals surface area contributed by atoms with E-state index in [0.717, 1.165) is 17.4 Å². The van der Waals surface area contributed by atoms with E-state index in [1.54, 1.807) is 11.3 Å². The number of rotatable bonds is 3. The number of hydrogen-bond donors (Lipinski definition) is 1. The summed E-state index contributed by atoms with van der Waals surface area (Å²) in [7, 11) is 2.09. The Balaban J connectivity index is 1.87. The zero-order valence-corrected chi connectivity index (χ0v) is 12.5. The van der Waals surface area contributed by atoms with Crippen molar-refractivity contribution in [2.24, 2.45) is 11.8 Å². The predicted molar refractivity (Wildman–Crippen MR) is 82.5 cm³/mol. The minimum Gasteiger partial charge on any atom is -0.313 e. The average Bonchev–Trinajstić information content (AvgIpc) is 2.87. The van der Waals surface area contributed by atoms with Crippen LogP contribution in [0.15, 0.2) is 23.7 Å². The lowest BCUT2D eigenvalue weighted by Gasteiger charge is -2.33. The van der Waals surface area contributed by atoms with E-state index in [4.69, 9.17) is 0 Å². The molecule has 2 nitrogen and oxygen atoms in total. The van der Waals surface area contributed by atoms with E-state index >= 15 is 0 Å². The fourth-order valence-electron chi connectivity index (χ4n) is 3.49. The molecule has 0 radical (unpaired) electrons. The molecular weight excluding hydrogens is 252 g/mol. The van der Waals surface area contributed by atoms with Gasteiger partial charge in [0.2, 0.25) is 0 Å². The fourth-order valence-corrected chi connectivity index (χ4v) is 4.28. The van der Waals surface area contributed by atoms with Gasteiger partial charge in [-0.05, 0) is 54.8 Å². The first-order valence-electron chi connectivity index (χ1n) is 7.28. The minimum absolute atomic E-state index is 0.460. The third-order valence-corrected chi connectivity index (χ3v) is 5.30. The minimum atomic E-state index is 0.460. The van der Waals surface area contributed by atoms with Crippen LogP contribution in [0.3, 0.4) is 0 Å². The van der Waals surface area contributed by atoms with Crippen LogP contribution < -0.4 is 5.32 Å². The third kappa shape index (κ3) is 2.67. The second-order valence-electron chi connectivity index (χ2n) is 5.87. The Morgan fingerprint density at radius 2 is 2.32 bits per heavy atom. The second-order valence-corrected chi connectivity index (χ2v) is 6.82. The van der Waals surface area contributed by atoms with E-state index in [2.05, 4.69) is 48.0 Å². The van der Waals surface area contributed by atoms with Gasteiger partial charge in [-0.2, -0.15) is 0 Å². The third-order valence-electron chi connectivity index (χ3n) is 4.44. The summed E-state index contributed by atoms with van der Waals surface area (Å²) >= 11 is 1.79. The summed E-state index contributed by atoms with van der Waals surface area (Å²) in [5.74, 6) is 1.63. The summed E-state index contributed by atoms with van der Waals surface area (Å²) in [6.07, 6.45) is 7.52. The number of thiophene rings is 1. The topological polar surface area (TPSA) is 24.9 Å². The van der Waals surface area contributed by atoms with E-state index in [0.29, 0.717) is 6.04 Å². The van der Waals surface area contributed by atoms with Gasteiger partial charge in [-0.3, -0.25) is 4.98 Å². The van der Waals surface area contributed by atoms with E-state index in [9.17, 15) is 0 Å². The van der Waals surface area contributed by atoms with E-state index in [1.807, 2.05) is 0 Å². The Kier molecular flexibility index (Phi) is 3.85. The molecule has 0 saturated heterocycles. The van der Waals surface area contributed by atoms with Crippen LogP contribution in [0.5, 0.6) is 0 Å². The molecular formula is C16H22N2S. The fraction of sp³-hybridized carbons (Fsp3) is 0.562. The van der Waals surface area contributed by atoms with Crippen LogP contribution in [-0.4, -0.2) is 12.0 Å². The molecule has 1 fully saturated rings. The van der Waals surface area contributed by atoms with E-state index in [1.165, 1.54) is 35.9 Å². The molecule has 2 aromatic heterocycles. The van der Waals surface area contributed by atoms with Gasteiger partial charge in [0.1, 0.15) is 0 Å². The lowest BCUT2D eigenvalue weighted by molar-refractivity contribution is 0.230. The summed E-state index contributed by atoms with van der Waals surface area (Å²) in [5, 5.41) is 5.65. The predicted octanol–water partition coefficient (Wildman–Crippen LogP) is 4.38. The highest BCUT2D eigenvalue weighted by atomic mass is 32.1. The zero-order valence-electron chi connectivity index (χ0n) is 11.7. The standard InChI is InChI=1S/C16H22N2S/c1-11-4-3-5-12(8-11)16(17-2)13-9-15-14(18-10-13)6-7-19-15/h6-7,9-12,16-17H,3-5,8H2,1-2H3. The first-order valence-corrected chi connectivity index (χ1v) is 8.16. The van der Waals surface area contributed by atoms with Crippen molar-refractivity contribution in [3.05, 3.63) is 29.3 Å². The molecule has 0 amide bonds. The highest BCUT2D eigenvalue weighted by Crippen LogP contribution is 2.37. The van der Waals surface area contributed by atoms with Gasteiger partial charge >= 0.3 is 0 Å². The van der Waals surface area contributed by atoms with Crippen molar-refractivity contribution in [3.8, 4) is 0 Å². The van der Waals surface area contributed by atoms with Crippen molar-refractivity contribution in [2.75, 3.05) is 7.05 Å². The molecule has 3 unspecified atom stereocenters. The van der Waals surface area contributed by atoms with Gasteiger partial charge in [0.25, 0.3) is 0 Å². The Morgan fingerprint density at radius 3 is 3.11 bits per heavy atom. The summed E-state index contributed by atoms with van der Waals surface area (Å²) in [6, 6.07) is 4.88. The highest BCUT2D eigenvalue weighted by molar-refractivity contribution is 7.17. The van der Waals surface area contributed by atoms with E-state index in [-0.39, 0.29) is 0 Å². The SMILES string of the molecule is CNC(c1cnc2ccsc2c1)C1CCCC(C)C1. The first kappa shape index (κ1) is 13.1. The van der Waals surface area contributed by atoms with Gasteiger partial charge < -0.3 is 5.32 Å². The summed E-state index contributed by atoms with van der Waals surface area (Å²) in [6.45, 7) is 2.39. The van der Waals surface area contributed by atoms with Crippen LogP contribution in [-0.2, 0) is 0 Å². The van der Waals surface area contributed by atoms with Crippen LogP contribution in [0.2, 0.25) is 0 Å². The molecule has 0 aromatic carbocycles. The molecule has 1 N–H and O–H groups in total. The Morgan fingerprint density at radius 1 is 1.42 bits per heavy atom. The highest BCUT2D eigenvalue weighted by Gasteiger charge is 2.27. The van der Waals surface area contributed by atoms with Gasteiger partial charge in [-0.1, -0.05) is 19.8 Å². The van der Waals surface area contributed by atoms with Crippen LogP contribution in [0.1, 0.15) is 44.2 Å². The van der Waals surface area contributed by atoms with Gasteiger partial charge in [0.05, 0.1) is 10.2 Å². The maximum Gasteiger partial charge on any atom is 0.0809 e. The maximum atomic E-state index is 4.59. The summed E-state index contributed by atoms with van der Waals surface area (Å²) in [4.78, 5) is 4.59. The van der Waals surface area contributed by atoms with Gasteiger partial charge in [0, 0.05) is 12.2 Å². The van der Waals surface area contributed by atoms with Crippen molar-refractivity contribution < 1.29 is 0 Å². The normalized spacial score (nSPS) is 25.6. The van der Waals surface area contributed by atoms with E-state index < -0.39 is 0 Å². The number of pyridine rings is 1. The van der Waals surface area contributed by atoms with Crippen molar-refractivity contribution in [1.29, 1.82) is 0 Å². The van der Waals surface area contributed by atoms with Gasteiger partial charge in [0.15, 0.2) is 0 Å². The molecule has 3 heteroatoms. The van der Waals surface area contributed by atoms with Gasteiger partial charge in [-0.15, -0.1) is 11.3 Å². The van der Waals surface area contributed by atoms with Crippen LogP contribution in [0, 0.1) is 11.8 Å². The second kappa shape index (κ2) is 5.59. The molecule has 0 spiro atoms. The summed E-state index contributed by atoms with van der Waals surface area (Å²) in [5.41, 5.74) is 2.48. The number of aromatic nitrogens is 1. The number of hydrogen-bond acceptors (Lipinski definition) is 3. The number of nitrogens with zero attached hydrogens (tertiary/aromatic N) is 1.